The van der Waals surface area contributed by atoms with Crippen molar-refractivity contribution in [2.45, 2.75) is 38.8 Å². The molecule has 0 N–H and O–H groups in total. The van der Waals surface area contributed by atoms with Gasteiger partial charge in [0.15, 0.2) is 0 Å². The SMILES string of the molecule is CCOC(=O)Cn1c2c(c3ccccc31)CC(OS(C)(=O)=O)CC2. The van der Waals surface area contributed by atoms with Crippen LogP contribution < -0.4 is 0 Å². The second-order valence-corrected chi connectivity index (χ2v) is 7.60. The molecule has 0 aliphatic heterocycles. The molecule has 0 amide bonds. The average molecular weight is 351 g/mol. The normalized spacial score (nSPS) is 17.7. The summed E-state index contributed by atoms with van der Waals surface area (Å²) in [6.45, 7) is 2.31. The highest BCUT2D eigenvalue weighted by atomic mass is 32.2. The summed E-state index contributed by atoms with van der Waals surface area (Å²) >= 11 is 0. The zero-order valence-corrected chi connectivity index (χ0v) is 14.6. The highest BCUT2D eigenvalue weighted by Gasteiger charge is 2.28. The molecular formula is C17H21NO5S. The van der Waals surface area contributed by atoms with E-state index in [1.54, 1.807) is 6.92 Å². The minimum Gasteiger partial charge on any atom is -0.465 e. The molecule has 1 aliphatic rings. The zero-order valence-electron chi connectivity index (χ0n) is 13.8. The number of hydrogen-bond acceptors (Lipinski definition) is 5. The molecule has 6 nitrogen and oxygen atoms in total. The Bertz CT molecular complexity index is 868. The summed E-state index contributed by atoms with van der Waals surface area (Å²) in [6.07, 6.45) is 2.53. The van der Waals surface area contributed by atoms with Gasteiger partial charge in [-0.1, -0.05) is 18.2 Å². The van der Waals surface area contributed by atoms with Gasteiger partial charge in [-0.25, -0.2) is 0 Å². The third-order valence-corrected chi connectivity index (χ3v) is 4.85. The number of nitrogens with zero attached hydrogens (tertiary/aromatic N) is 1. The molecule has 1 unspecified atom stereocenters. The maximum absolute atomic E-state index is 11.9. The third kappa shape index (κ3) is 3.47. The molecule has 1 aliphatic carbocycles. The molecule has 0 radical (unpaired) electrons. The number of benzene rings is 1. The van der Waals surface area contributed by atoms with E-state index >= 15 is 0 Å². The van der Waals surface area contributed by atoms with Crippen LogP contribution in [0.4, 0.5) is 0 Å². The van der Waals surface area contributed by atoms with E-state index in [4.69, 9.17) is 8.92 Å². The van der Waals surface area contributed by atoms with Gasteiger partial charge in [0, 0.05) is 23.0 Å². The predicted molar refractivity (Wildman–Crippen MR) is 90.3 cm³/mol. The number of esters is 1. The number of para-hydroxylation sites is 1. The Labute approximate surface area is 141 Å². The molecule has 0 saturated heterocycles. The first-order valence-corrected chi connectivity index (χ1v) is 9.83. The first-order chi connectivity index (χ1) is 11.4. The lowest BCUT2D eigenvalue weighted by molar-refractivity contribution is -0.143. The molecular weight excluding hydrogens is 330 g/mol. The maximum Gasteiger partial charge on any atom is 0.325 e. The summed E-state index contributed by atoms with van der Waals surface area (Å²) in [7, 11) is -3.48. The molecule has 2 aromatic rings. The van der Waals surface area contributed by atoms with E-state index in [0.717, 1.165) is 28.4 Å². The largest absolute Gasteiger partial charge is 0.465 e. The van der Waals surface area contributed by atoms with E-state index in [2.05, 4.69) is 0 Å². The number of carbonyl (C=O) groups excluding carboxylic acids is 1. The minimum atomic E-state index is -3.48. The predicted octanol–water partition coefficient (Wildman–Crippen LogP) is 2.04. The molecule has 1 aromatic carbocycles. The van der Waals surface area contributed by atoms with Gasteiger partial charge in [0.2, 0.25) is 0 Å². The van der Waals surface area contributed by atoms with Gasteiger partial charge in [0.25, 0.3) is 10.1 Å². The number of carbonyl (C=O) groups is 1. The van der Waals surface area contributed by atoms with E-state index < -0.39 is 10.1 Å². The van der Waals surface area contributed by atoms with Crippen LogP contribution in [-0.4, -0.2) is 37.9 Å². The van der Waals surface area contributed by atoms with Crippen molar-refractivity contribution in [2.75, 3.05) is 12.9 Å². The Morgan fingerprint density at radius 3 is 2.79 bits per heavy atom. The van der Waals surface area contributed by atoms with Crippen LogP contribution in [0.5, 0.6) is 0 Å². The fourth-order valence-corrected chi connectivity index (χ4v) is 4.07. The van der Waals surface area contributed by atoms with E-state index in [0.29, 0.717) is 25.9 Å². The van der Waals surface area contributed by atoms with Gasteiger partial charge in [-0.2, -0.15) is 8.42 Å². The lowest BCUT2D eigenvalue weighted by Crippen LogP contribution is -2.26. The number of ether oxygens (including phenoxy) is 1. The molecule has 0 fully saturated rings. The Kier molecular flexibility index (Phi) is 4.64. The average Bonchev–Trinajstić information content (AvgIpc) is 2.80. The number of hydrogen-bond donors (Lipinski definition) is 0. The fraction of sp³-hybridized carbons (Fsp3) is 0.471. The van der Waals surface area contributed by atoms with E-state index in [9.17, 15) is 13.2 Å². The summed E-state index contributed by atoms with van der Waals surface area (Å²) in [5, 5.41) is 1.04. The van der Waals surface area contributed by atoms with Crippen molar-refractivity contribution in [1.29, 1.82) is 0 Å². The van der Waals surface area contributed by atoms with Crippen molar-refractivity contribution in [2.24, 2.45) is 0 Å². The Balaban J connectivity index is 1.99. The van der Waals surface area contributed by atoms with E-state index in [1.807, 2.05) is 28.8 Å². The number of fused-ring (bicyclic) bond motifs is 3. The minimum absolute atomic E-state index is 0.168. The van der Waals surface area contributed by atoms with Gasteiger partial charge in [0.05, 0.1) is 19.0 Å². The molecule has 1 aromatic heterocycles. The summed E-state index contributed by atoms with van der Waals surface area (Å²) in [4.78, 5) is 11.9. The summed E-state index contributed by atoms with van der Waals surface area (Å²) < 4.78 is 35.1. The second kappa shape index (κ2) is 6.57. The smallest absolute Gasteiger partial charge is 0.325 e. The first kappa shape index (κ1) is 17.0. The maximum atomic E-state index is 11.9. The quantitative estimate of drug-likeness (QED) is 0.609. The van der Waals surface area contributed by atoms with Crippen LogP contribution in [0.1, 0.15) is 24.6 Å². The Hall–Kier alpha value is -1.86. The van der Waals surface area contributed by atoms with Crippen molar-refractivity contribution in [3.63, 3.8) is 0 Å². The highest BCUT2D eigenvalue weighted by molar-refractivity contribution is 7.86. The first-order valence-electron chi connectivity index (χ1n) is 8.02. The molecule has 0 saturated carbocycles. The lowest BCUT2D eigenvalue weighted by atomic mass is 9.93. The van der Waals surface area contributed by atoms with Gasteiger partial charge >= 0.3 is 5.97 Å². The monoisotopic (exact) mass is 351 g/mol. The third-order valence-electron chi connectivity index (χ3n) is 4.23. The lowest BCUT2D eigenvalue weighted by Gasteiger charge is -2.23. The Morgan fingerprint density at radius 1 is 1.33 bits per heavy atom. The fourth-order valence-electron chi connectivity index (χ4n) is 3.41. The van der Waals surface area contributed by atoms with Crippen molar-refractivity contribution >= 4 is 27.0 Å². The molecule has 7 heteroatoms. The van der Waals surface area contributed by atoms with Crippen molar-refractivity contribution in [3.05, 3.63) is 35.5 Å². The molecule has 24 heavy (non-hydrogen) atoms. The van der Waals surface area contributed by atoms with Gasteiger partial charge < -0.3 is 9.30 Å². The second-order valence-electron chi connectivity index (χ2n) is 6.00. The topological polar surface area (TPSA) is 74.6 Å². The molecule has 3 rings (SSSR count). The molecule has 0 spiro atoms. The molecule has 0 bridgehead atoms. The Morgan fingerprint density at radius 2 is 2.08 bits per heavy atom. The van der Waals surface area contributed by atoms with Crippen LogP contribution >= 0.6 is 0 Å². The van der Waals surface area contributed by atoms with Gasteiger partial charge in [-0.05, 0) is 31.4 Å². The van der Waals surface area contributed by atoms with Crippen molar-refractivity contribution < 1.29 is 22.1 Å². The summed E-state index contributed by atoms with van der Waals surface area (Å²) in [5.41, 5.74) is 3.10. The van der Waals surface area contributed by atoms with Gasteiger partial charge in [-0.15, -0.1) is 0 Å². The number of rotatable bonds is 5. The van der Waals surface area contributed by atoms with Crippen LogP contribution in [0.3, 0.4) is 0 Å². The van der Waals surface area contributed by atoms with Crippen LogP contribution in [0.25, 0.3) is 10.9 Å². The van der Waals surface area contributed by atoms with E-state index in [-0.39, 0.29) is 18.6 Å². The van der Waals surface area contributed by atoms with Crippen molar-refractivity contribution in [3.8, 4) is 0 Å². The van der Waals surface area contributed by atoms with Crippen LogP contribution in [-0.2, 0) is 43.2 Å². The summed E-state index contributed by atoms with van der Waals surface area (Å²) in [6, 6.07) is 7.84. The molecule has 1 heterocycles. The van der Waals surface area contributed by atoms with Crippen LogP contribution in [0.15, 0.2) is 24.3 Å². The van der Waals surface area contributed by atoms with Crippen LogP contribution in [0.2, 0.25) is 0 Å². The number of aromatic nitrogens is 1. The standard InChI is InChI=1S/C17H21NO5S/c1-3-22-17(19)11-18-15-7-5-4-6-13(15)14-10-12(8-9-16(14)18)23-24(2,20)21/h4-7,12H,3,8-11H2,1-2H3. The van der Waals surface area contributed by atoms with Crippen LogP contribution in [0, 0.1) is 0 Å². The summed E-state index contributed by atoms with van der Waals surface area (Å²) in [5.74, 6) is -0.268. The molecule has 130 valence electrons. The van der Waals surface area contributed by atoms with E-state index in [1.165, 1.54) is 0 Å². The molecule has 1 atom stereocenters. The highest BCUT2D eigenvalue weighted by Crippen LogP contribution is 2.33. The zero-order chi connectivity index (χ0) is 17.3. The van der Waals surface area contributed by atoms with Gasteiger partial charge in [0.1, 0.15) is 6.54 Å². The van der Waals surface area contributed by atoms with Gasteiger partial charge in [-0.3, -0.25) is 8.98 Å². The van der Waals surface area contributed by atoms with Crippen molar-refractivity contribution in [1.82, 2.24) is 4.57 Å².